The van der Waals surface area contributed by atoms with Crippen molar-refractivity contribution in [3.63, 3.8) is 0 Å². The van der Waals surface area contributed by atoms with E-state index in [1.807, 2.05) is 0 Å². The lowest BCUT2D eigenvalue weighted by Crippen LogP contribution is -2.52. The molecule has 0 saturated heterocycles. The largest absolute Gasteiger partial charge is 0.488 e. The van der Waals surface area contributed by atoms with E-state index in [1.165, 1.54) is 13.0 Å². The van der Waals surface area contributed by atoms with E-state index in [4.69, 9.17) is 22.2 Å². The number of nitrogen functional groups attached to an aromatic ring is 1. The van der Waals surface area contributed by atoms with E-state index in [1.54, 1.807) is 32.0 Å². The van der Waals surface area contributed by atoms with E-state index in [0.717, 1.165) is 5.06 Å². The Hall–Kier alpha value is -3.34. The number of rotatable bonds is 6. The minimum atomic E-state index is -1.25. The average molecular weight is 397 g/mol. The summed E-state index contributed by atoms with van der Waals surface area (Å²) in [6.45, 7) is 4.60. The number of benzene rings is 1. The van der Waals surface area contributed by atoms with Crippen LogP contribution in [0.5, 0.6) is 11.6 Å². The predicted octanol–water partition coefficient (Wildman–Crippen LogP) is 2.76. The Labute approximate surface area is 158 Å². The molecule has 0 aliphatic heterocycles. The van der Waals surface area contributed by atoms with Crippen LogP contribution >= 0.6 is 11.6 Å². The summed E-state index contributed by atoms with van der Waals surface area (Å²) in [5.41, 5.74) is 3.60. The van der Waals surface area contributed by atoms with Gasteiger partial charge in [-0.2, -0.15) is 15.0 Å². The molecule has 1 aromatic carbocycles. The van der Waals surface area contributed by atoms with Gasteiger partial charge in [-0.3, -0.25) is 10.1 Å². The number of aromatic hydroxyl groups is 1. The molecule has 4 N–H and O–H groups in total. The van der Waals surface area contributed by atoms with Crippen LogP contribution in [-0.4, -0.2) is 36.5 Å². The smallest absolute Gasteiger partial charge is 0.376 e. The van der Waals surface area contributed by atoms with Gasteiger partial charge < -0.3 is 20.9 Å². The number of oxime groups is 1. The maximum atomic E-state index is 11.5. The molecule has 12 heteroatoms. The van der Waals surface area contributed by atoms with Crippen LogP contribution in [0.3, 0.4) is 0 Å². The highest BCUT2D eigenvalue weighted by molar-refractivity contribution is 6.30. The zero-order valence-corrected chi connectivity index (χ0v) is 15.4. The number of halogens is 1. The average Bonchev–Trinajstić information content (AvgIpc) is 2.57. The quantitative estimate of drug-likeness (QED) is 0.288. The molecule has 0 saturated carbocycles. The van der Waals surface area contributed by atoms with Gasteiger partial charge >= 0.3 is 5.69 Å². The molecule has 1 heterocycles. The maximum Gasteiger partial charge on any atom is 0.376 e. The molecule has 1 aromatic heterocycles. The van der Waals surface area contributed by atoms with E-state index in [2.05, 4.69) is 15.1 Å². The molecular formula is C15H17ClN6O5. The van der Waals surface area contributed by atoms with Crippen LogP contribution in [0.1, 0.15) is 20.8 Å². The molecule has 0 fully saturated rings. The molecule has 2 rings (SSSR count). The van der Waals surface area contributed by atoms with Gasteiger partial charge in [0.1, 0.15) is 5.54 Å². The second-order valence-electron chi connectivity index (χ2n) is 5.92. The van der Waals surface area contributed by atoms with Crippen molar-refractivity contribution >= 4 is 34.8 Å². The molecule has 0 amide bonds. The first kappa shape index (κ1) is 20.0. The first-order valence-electron chi connectivity index (χ1n) is 7.51. The van der Waals surface area contributed by atoms with Crippen LogP contribution in [0.4, 0.5) is 17.5 Å². The van der Waals surface area contributed by atoms with Crippen LogP contribution < -0.4 is 15.6 Å². The third-order valence-electron chi connectivity index (χ3n) is 3.78. The Morgan fingerprint density at radius 1 is 1.44 bits per heavy atom. The van der Waals surface area contributed by atoms with Crippen molar-refractivity contribution in [3.05, 3.63) is 39.4 Å². The molecule has 0 aliphatic rings. The summed E-state index contributed by atoms with van der Waals surface area (Å²) in [4.78, 5) is 23.6. The van der Waals surface area contributed by atoms with E-state index in [0.29, 0.717) is 5.02 Å². The van der Waals surface area contributed by atoms with Gasteiger partial charge in [0.05, 0.1) is 10.6 Å². The number of aromatic nitrogens is 2. The second-order valence-corrected chi connectivity index (χ2v) is 6.36. The highest BCUT2D eigenvalue weighted by atomic mass is 35.5. The van der Waals surface area contributed by atoms with Gasteiger partial charge in [-0.15, -0.1) is 0 Å². The zero-order valence-electron chi connectivity index (χ0n) is 14.6. The molecule has 2 aromatic rings. The van der Waals surface area contributed by atoms with Gasteiger partial charge in [-0.1, -0.05) is 22.8 Å². The highest BCUT2D eigenvalue weighted by Crippen LogP contribution is 2.38. The number of hydrogen-bond donors (Lipinski definition) is 3. The van der Waals surface area contributed by atoms with Crippen molar-refractivity contribution in [3.8, 4) is 11.6 Å². The summed E-state index contributed by atoms with van der Waals surface area (Å²) in [6.07, 6.45) is 0. The van der Waals surface area contributed by atoms with Gasteiger partial charge in [-0.25, -0.2) is 0 Å². The second kappa shape index (κ2) is 7.50. The number of nitrogens with two attached hydrogens (primary N) is 1. The summed E-state index contributed by atoms with van der Waals surface area (Å²) in [6, 6.07) is 6.24. The van der Waals surface area contributed by atoms with E-state index in [-0.39, 0.29) is 11.5 Å². The van der Waals surface area contributed by atoms with Crippen LogP contribution in [0.25, 0.3) is 0 Å². The number of nitrogens with zero attached hydrogens (tertiary/aromatic N) is 5. The molecule has 27 heavy (non-hydrogen) atoms. The normalized spacial score (nSPS) is 11.9. The van der Waals surface area contributed by atoms with E-state index in [9.17, 15) is 20.4 Å². The Morgan fingerprint density at radius 3 is 2.67 bits per heavy atom. The molecule has 11 nitrogen and oxygen atoms in total. The van der Waals surface area contributed by atoms with Gasteiger partial charge in [-0.05, 0) is 32.9 Å². The minimum Gasteiger partial charge on any atom is -0.488 e. The van der Waals surface area contributed by atoms with Crippen molar-refractivity contribution < 1.29 is 20.1 Å². The van der Waals surface area contributed by atoms with Crippen molar-refractivity contribution in [2.24, 2.45) is 5.16 Å². The van der Waals surface area contributed by atoms with Crippen LogP contribution in [0, 0.1) is 10.1 Å². The zero-order chi connectivity index (χ0) is 20.4. The molecule has 0 aliphatic carbocycles. The fourth-order valence-electron chi connectivity index (χ4n) is 2.07. The first-order chi connectivity index (χ1) is 12.6. The topological polar surface area (TPSA) is 160 Å². The van der Waals surface area contributed by atoms with Crippen molar-refractivity contribution in [1.82, 2.24) is 9.97 Å². The minimum absolute atomic E-state index is 0.135. The SMILES string of the molecule is CC(=NO)C(C)(C)N(Oc1cccc(Cl)c1)c1nc(N)nc(O)c1[N+](=O)[O-]. The fourth-order valence-corrected chi connectivity index (χ4v) is 2.25. The Morgan fingerprint density at radius 2 is 2.11 bits per heavy atom. The maximum absolute atomic E-state index is 11.5. The van der Waals surface area contributed by atoms with Crippen LogP contribution in [-0.2, 0) is 0 Å². The third kappa shape index (κ3) is 4.08. The lowest BCUT2D eigenvalue weighted by molar-refractivity contribution is -0.385. The summed E-state index contributed by atoms with van der Waals surface area (Å²) in [5.74, 6) is -1.57. The van der Waals surface area contributed by atoms with Crippen LogP contribution in [0.15, 0.2) is 29.4 Å². The van der Waals surface area contributed by atoms with Gasteiger partial charge in [0, 0.05) is 11.1 Å². The third-order valence-corrected chi connectivity index (χ3v) is 4.01. The van der Waals surface area contributed by atoms with Crippen molar-refractivity contribution in [2.45, 2.75) is 26.3 Å². The Kier molecular flexibility index (Phi) is 5.55. The fraction of sp³-hybridized carbons (Fsp3) is 0.267. The Bertz CT molecular complexity index is 904. The van der Waals surface area contributed by atoms with Gasteiger partial charge in [0.25, 0.3) is 11.7 Å². The molecule has 0 atom stereocenters. The van der Waals surface area contributed by atoms with Crippen molar-refractivity contribution in [1.29, 1.82) is 0 Å². The number of hydroxylamine groups is 1. The summed E-state index contributed by atoms with van der Waals surface area (Å²) >= 11 is 5.95. The lowest BCUT2D eigenvalue weighted by atomic mass is 9.99. The summed E-state index contributed by atoms with van der Waals surface area (Å²) in [7, 11) is 0. The summed E-state index contributed by atoms with van der Waals surface area (Å²) in [5, 5.41) is 35.1. The predicted molar refractivity (Wildman–Crippen MR) is 98.3 cm³/mol. The summed E-state index contributed by atoms with van der Waals surface area (Å²) < 4.78 is 0. The number of hydrogen-bond acceptors (Lipinski definition) is 10. The van der Waals surface area contributed by atoms with Gasteiger partial charge in [0.2, 0.25) is 5.95 Å². The number of anilines is 2. The standard InChI is InChI=1S/C15H17ClN6O5/c1-8(20-24)15(2,3)21(27-10-6-4-5-9(16)7-10)12-11(22(25)26)13(23)19-14(17)18-12/h4-7,24H,1-3H3,(H3,17,18,19,23). The molecule has 0 unspecified atom stereocenters. The van der Waals surface area contributed by atoms with E-state index >= 15 is 0 Å². The first-order valence-corrected chi connectivity index (χ1v) is 7.89. The highest BCUT2D eigenvalue weighted by Gasteiger charge is 2.40. The van der Waals surface area contributed by atoms with Gasteiger partial charge in [0.15, 0.2) is 5.75 Å². The van der Waals surface area contributed by atoms with E-state index < -0.39 is 33.8 Å². The van der Waals surface area contributed by atoms with Crippen LogP contribution in [0.2, 0.25) is 5.02 Å². The number of nitro groups is 1. The Balaban J connectivity index is 2.72. The monoisotopic (exact) mass is 396 g/mol. The lowest BCUT2D eigenvalue weighted by Gasteiger charge is -2.36. The molecule has 144 valence electrons. The molecule has 0 bridgehead atoms. The molecular weight excluding hydrogens is 380 g/mol. The van der Waals surface area contributed by atoms with Crippen molar-refractivity contribution in [2.75, 3.05) is 10.8 Å². The molecule has 0 radical (unpaired) electrons. The molecule has 0 spiro atoms.